The van der Waals surface area contributed by atoms with Gasteiger partial charge in [0.25, 0.3) is 5.85 Å². The highest BCUT2D eigenvalue weighted by molar-refractivity contribution is 5.78. The smallest absolute Gasteiger partial charge is 0.314 e. The van der Waals surface area contributed by atoms with E-state index in [1.165, 1.54) is 0 Å². The van der Waals surface area contributed by atoms with Gasteiger partial charge < -0.3 is 4.74 Å². The van der Waals surface area contributed by atoms with E-state index in [4.69, 9.17) is 0 Å². The number of epoxide rings is 1. The van der Waals surface area contributed by atoms with Crippen LogP contribution in [0.5, 0.6) is 0 Å². The average molecular weight is 208 g/mol. The molecule has 6 heteroatoms. The van der Waals surface area contributed by atoms with E-state index < -0.39 is 23.2 Å². The van der Waals surface area contributed by atoms with E-state index in [1.807, 2.05) is 0 Å². The molecule has 0 saturated carbocycles. The number of hydrogen-bond donors (Lipinski definition) is 0. The summed E-state index contributed by atoms with van der Waals surface area (Å²) < 4.78 is 54.5. The van der Waals surface area contributed by atoms with Gasteiger partial charge in [0.05, 0.1) is 5.57 Å². The van der Waals surface area contributed by atoms with E-state index in [0.29, 0.717) is 6.08 Å². The number of aldehydes is 1. The summed E-state index contributed by atoms with van der Waals surface area (Å²) in [5.74, 6) is -2.62. The van der Waals surface area contributed by atoms with E-state index in [-0.39, 0.29) is 6.29 Å². The average Bonchev–Trinajstić information content (AvgIpc) is 2.69. The summed E-state index contributed by atoms with van der Waals surface area (Å²) in [5, 5.41) is 0. The molecule has 0 aromatic carbocycles. The van der Waals surface area contributed by atoms with Crippen molar-refractivity contribution in [3.8, 4) is 0 Å². The second-order valence-electron chi connectivity index (χ2n) is 3.04. The molecule has 0 aromatic heterocycles. The van der Waals surface area contributed by atoms with Gasteiger partial charge >= 0.3 is 6.18 Å². The van der Waals surface area contributed by atoms with Crippen LogP contribution in [-0.2, 0) is 9.53 Å². The summed E-state index contributed by atoms with van der Waals surface area (Å²) in [4.78, 5) is 10.4. The van der Waals surface area contributed by atoms with Crippen molar-refractivity contribution in [2.45, 2.75) is 17.6 Å². The van der Waals surface area contributed by atoms with Gasteiger partial charge in [-0.05, 0) is 6.08 Å². The maximum Gasteiger partial charge on any atom is 0.416 e. The molecule has 2 unspecified atom stereocenters. The lowest BCUT2D eigenvalue weighted by molar-refractivity contribution is -0.121. The third-order valence-corrected chi connectivity index (χ3v) is 2.22. The number of ether oxygens (including phenoxy) is 1. The Balaban J connectivity index is 2.48. The van der Waals surface area contributed by atoms with Crippen molar-refractivity contribution in [3.63, 3.8) is 0 Å². The molecule has 2 rings (SSSR count). The van der Waals surface area contributed by atoms with Crippen molar-refractivity contribution in [1.82, 2.24) is 0 Å². The van der Waals surface area contributed by atoms with Crippen molar-refractivity contribution < 1.29 is 27.1 Å². The number of alkyl halides is 4. The molecule has 0 aromatic rings. The van der Waals surface area contributed by atoms with Crippen molar-refractivity contribution in [3.05, 3.63) is 23.8 Å². The van der Waals surface area contributed by atoms with Gasteiger partial charge in [0.1, 0.15) is 0 Å². The molecule has 0 spiro atoms. The maximum atomic E-state index is 13.3. The Bertz CT molecular complexity index is 357. The number of allylic oxidation sites excluding steroid dienone is 2. The molecule has 14 heavy (non-hydrogen) atoms. The van der Waals surface area contributed by atoms with Gasteiger partial charge in [-0.25, -0.2) is 4.39 Å². The van der Waals surface area contributed by atoms with Gasteiger partial charge in [-0.15, -0.1) is 0 Å². The lowest BCUT2D eigenvalue weighted by atomic mass is 9.90. The first-order valence-corrected chi connectivity index (χ1v) is 3.68. The standard InChI is InChI=1S/C8H4F4O2/c9-7-3-1-2-5(8(10,11)12)6(7,4-13)14-7/h1-4H. The molecule has 2 atom stereocenters. The number of hydrogen-bond acceptors (Lipinski definition) is 2. The summed E-state index contributed by atoms with van der Waals surface area (Å²) >= 11 is 0. The van der Waals surface area contributed by atoms with Gasteiger partial charge in [-0.1, -0.05) is 12.2 Å². The minimum absolute atomic E-state index is 0.157. The predicted octanol–water partition coefficient (Wildman–Crippen LogP) is 1.68. The molecule has 76 valence electrons. The van der Waals surface area contributed by atoms with Gasteiger partial charge in [0.2, 0.25) is 5.60 Å². The van der Waals surface area contributed by atoms with Gasteiger partial charge in [-0.3, -0.25) is 4.79 Å². The molecule has 2 aliphatic rings. The lowest BCUT2D eigenvalue weighted by Crippen LogP contribution is -2.34. The van der Waals surface area contributed by atoms with E-state index in [1.54, 1.807) is 0 Å². The van der Waals surface area contributed by atoms with E-state index in [0.717, 1.165) is 12.2 Å². The van der Waals surface area contributed by atoms with Crippen LogP contribution in [-0.4, -0.2) is 23.9 Å². The second kappa shape index (κ2) is 2.25. The van der Waals surface area contributed by atoms with Crippen LogP contribution in [0.15, 0.2) is 23.8 Å². The molecule has 1 aliphatic carbocycles. The minimum atomic E-state index is -4.76. The Hall–Kier alpha value is -1.17. The molecule has 2 nitrogen and oxygen atoms in total. The number of carbonyl (C=O) groups is 1. The Labute approximate surface area is 75.8 Å². The van der Waals surface area contributed by atoms with E-state index in [9.17, 15) is 22.4 Å². The zero-order valence-electron chi connectivity index (χ0n) is 6.64. The van der Waals surface area contributed by atoms with Gasteiger partial charge in [0, 0.05) is 0 Å². The molecule has 1 saturated heterocycles. The van der Waals surface area contributed by atoms with Crippen LogP contribution in [0.1, 0.15) is 0 Å². The summed E-state index contributed by atoms with van der Waals surface area (Å²) in [6, 6.07) is 0. The van der Waals surface area contributed by atoms with Crippen LogP contribution in [0.4, 0.5) is 17.6 Å². The topological polar surface area (TPSA) is 29.6 Å². The van der Waals surface area contributed by atoms with Crippen LogP contribution in [0.3, 0.4) is 0 Å². The third kappa shape index (κ3) is 0.914. The molecule has 1 fully saturated rings. The summed E-state index contributed by atoms with van der Waals surface area (Å²) in [7, 11) is 0. The molecule has 1 heterocycles. The summed E-state index contributed by atoms with van der Waals surface area (Å²) in [5.41, 5.74) is -3.77. The van der Waals surface area contributed by atoms with Crippen molar-refractivity contribution in [2.24, 2.45) is 0 Å². The Morgan fingerprint density at radius 2 is 2.07 bits per heavy atom. The second-order valence-corrected chi connectivity index (χ2v) is 3.04. The molecular formula is C8H4F4O2. The molecule has 0 radical (unpaired) electrons. The first-order chi connectivity index (χ1) is 6.36. The highest BCUT2D eigenvalue weighted by Crippen LogP contribution is 2.59. The fraction of sp³-hybridized carbons (Fsp3) is 0.375. The zero-order valence-corrected chi connectivity index (χ0v) is 6.64. The molecule has 0 amide bonds. The van der Waals surface area contributed by atoms with Crippen LogP contribution in [0.2, 0.25) is 0 Å². The summed E-state index contributed by atoms with van der Waals surface area (Å²) in [6.07, 6.45) is -2.61. The molecular weight excluding hydrogens is 204 g/mol. The maximum absolute atomic E-state index is 13.3. The predicted molar refractivity (Wildman–Crippen MR) is 37.0 cm³/mol. The fourth-order valence-electron chi connectivity index (χ4n) is 1.47. The van der Waals surface area contributed by atoms with Crippen LogP contribution >= 0.6 is 0 Å². The number of fused-ring (bicyclic) bond motifs is 1. The number of halogens is 4. The monoisotopic (exact) mass is 208 g/mol. The van der Waals surface area contributed by atoms with Crippen molar-refractivity contribution >= 4 is 6.29 Å². The Kier molecular flexibility index (Phi) is 1.51. The largest absolute Gasteiger partial charge is 0.416 e. The van der Waals surface area contributed by atoms with Crippen LogP contribution in [0.25, 0.3) is 0 Å². The van der Waals surface area contributed by atoms with Crippen LogP contribution in [0, 0.1) is 0 Å². The minimum Gasteiger partial charge on any atom is -0.314 e. The zero-order chi connectivity index (χ0) is 10.6. The SMILES string of the molecule is O=CC12OC1(F)C=CC=C2C(F)(F)F. The molecule has 0 bridgehead atoms. The fourth-order valence-corrected chi connectivity index (χ4v) is 1.47. The summed E-state index contributed by atoms with van der Waals surface area (Å²) in [6.45, 7) is 0. The lowest BCUT2D eigenvalue weighted by Gasteiger charge is -2.16. The van der Waals surface area contributed by atoms with Crippen LogP contribution < -0.4 is 0 Å². The highest BCUT2D eigenvalue weighted by Gasteiger charge is 2.77. The molecule has 1 aliphatic heterocycles. The van der Waals surface area contributed by atoms with E-state index >= 15 is 0 Å². The Morgan fingerprint density at radius 3 is 2.50 bits per heavy atom. The number of carbonyl (C=O) groups excluding carboxylic acids is 1. The first-order valence-electron chi connectivity index (χ1n) is 3.68. The van der Waals surface area contributed by atoms with Gasteiger partial charge in [0.15, 0.2) is 6.29 Å². The first kappa shape index (κ1) is 9.39. The quantitative estimate of drug-likeness (QED) is 0.372. The third-order valence-electron chi connectivity index (χ3n) is 2.22. The van der Waals surface area contributed by atoms with E-state index in [2.05, 4.69) is 4.74 Å². The van der Waals surface area contributed by atoms with Crippen molar-refractivity contribution in [1.29, 1.82) is 0 Å². The molecule has 0 N–H and O–H groups in total. The Morgan fingerprint density at radius 1 is 1.43 bits per heavy atom. The highest BCUT2D eigenvalue weighted by atomic mass is 19.4. The normalized spacial score (nSPS) is 40.1. The number of rotatable bonds is 1. The van der Waals surface area contributed by atoms with Gasteiger partial charge in [-0.2, -0.15) is 13.2 Å². The van der Waals surface area contributed by atoms with Crippen molar-refractivity contribution in [2.75, 3.05) is 0 Å².